The van der Waals surface area contributed by atoms with Crippen molar-refractivity contribution in [2.24, 2.45) is 7.05 Å². The lowest BCUT2D eigenvalue weighted by molar-refractivity contribution is 0.0894. The van der Waals surface area contributed by atoms with Crippen molar-refractivity contribution in [2.75, 3.05) is 13.1 Å². The van der Waals surface area contributed by atoms with E-state index in [1.807, 2.05) is 13.0 Å². The van der Waals surface area contributed by atoms with Crippen LogP contribution in [0, 0.1) is 6.92 Å². The molecule has 7 nitrogen and oxygen atoms in total. The van der Waals surface area contributed by atoms with Gasteiger partial charge in [-0.1, -0.05) is 5.16 Å². The third kappa shape index (κ3) is 3.54. The molecule has 3 heterocycles. The molecule has 1 unspecified atom stereocenters. The Hall–Kier alpha value is -2.15. The number of carbonyl (C=O) groups excluding carboxylic acids is 1. The Labute approximate surface area is 129 Å². The molecule has 22 heavy (non-hydrogen) atoms. The molecule has 1 N–H and O–H groups in total. The van der Waals surface area contributed by atoms with Gasteiger partial charge >= 0.3 is 0 Å². The first-order chi connectivity index (χ1) is 10.6. The number of nitrogens with zero attached hydrogens (tertiary/aromatic N) is 4. The largest absolute Gasteiger partial charge is 0.361 e. The van der Waals surface area contributed by atoms with E-state index in [1.54, 1.807) is 24.0 Å². The quantitative estimate of drug-likeness (QED) is 0.915. The summed E-state index contributed by atoms with van der Waals surface area (Å²) in [6.07, 6.45) is 3.83. The number of amides is 1. The summed E-state index contributed by atoms with van der Waals surface area (Å²) in [4.78, 5) is 14.5. The van der Waals surface area contributed by atoms with Gasteiger partial charge in [0.1, 0.15) is 11.5 Å². The van der Waals surface area contributed by atoms with Crippen molar-refractivity contribution in [1.29, 1.82) is 0 Å². The van der Waals surface area contributed by atoms with Crippen LogP contribution < -0.4 is 5.32 Å². The molecule has 1 aliphatic heterocycles. The van der Waals surface area contributed by atoms with Crippen molar-refractivity contribution in [3.05, 3.63) is 35.5 Å². The van der Waals surface area contributed by atoms with Crippen LogP contribution in [0.3, 0.4) is 0 Å². The third-order valence-corrected chi connectivity index (χ3v) is 3.85. The second-order valence-corrected chi connectivity index (χ2v) is 5.85. The molecule has 118 valence electrons. The Morgan fingerprint density at radius 2 is 2.41 bits per heavy atom. The van der Waals surface area contributed by atoms with Crippen LogP contribution >= 0.6 is 0 Å². The minimum atomic E-state index is -0.107. The fourth-order valence-corrected chi connectivity index (χ4v) is 2.83. The molecule has 2 aromatic rings. The monoisotopic (exact) mass is 303 g/mol. The Morgan fingerprint density at radius 1 is 1.55 bits per heavy atom. The Bertz CT molecular complexity index is 648. The first kappa shape index (κ1) is 14.8. The zero-order valence-corrected chi connectivity index (χ0v) is 13.0. The van der Waals surface area contributed by atoms with Crippen LogP contribution in [0.1, 0.15) is 34.8 Å². The maximum atomic E-state index is 12.2. The molecule has 1 amide bonds. The van der Waals surface area contributed by atoms with Crippen molar-refractivity contribution < 1.29 is 9.32 Å². The van der Waals surface area contributed by atoms with Crippen LogP contribution in [0.5, 0.6) is 0 Å². The van der Waals surface area contributed by atoms with E-state index in [-0.39, 0.29) is 11.9 Å². The number of carbonyl (C=O) groups is 1. The van der Waals surface area contributed by atoms with Crippen LogP contribution in [0.25, 0.3) is 0 Å². The summed E-state index contributed by atoms with van der Waals surface area (Å²) in [6.45, 7) is 4.49. The van der Waals surface area contributed by atoms with Crippen LogP contribution in [-0.4, -0.2) is 44.9 Å². The van der Waals surface area contributed by atoms with Gasteiger partial charge in [0, 0.05) is 38.4 Å². The van der Waals surface area contributed by atoms with Crippen molar-refractivity contribution in [1.82, 2.24) is 25.2 Å². The molecule has 1 saturated heterocycles. The Balaban J connectivity index is 1.55. The Morgan fingerprint density at radius 3 is 3.09 bits per heavy atom. The summed E-state index contributed by atoms with van der Waals surface area (Å²) in [5.74, 6) is 0.719. The highest BCUT2D eigenvalue weighted by Crippen LogP contribution is 2.14. The number of hydrogen-bond donors (Lipinski definition) is 1. The lowest BCUT2D eigenvalue weighted by Crippen LogP contribution is -2.47. The molecule has 1 atom stereocenters. The molecule has 1 fully saturated rings. The van der Waals surface area contributed by atoms with Crippen molar-refractivity contribution in [3.8, 4) is 0 Å². The summed E-state index contributed by atoms with van der Waals surface area (Å²) in [5, 5.41) is 11.2. The molecule has 0 aromatic carbocycles. The number of nitrogens with one attached hydrogen (secondary N) is 1. The van der Waals surface area contributed by atoms with Gasteiger partial charge in [0.05, 0.1) is 5.69 Å². The highest BCUT2D eigenvalue weighted by Gasteiger charge is 2.23. The van der Waals surface area contributed by atoms with E-state index in [0.717, 1.165) is 43.9 Å². The number of likely N-dealkylation sites (tertiary alicyclic amines) is 1. The van der Waals surface area contributed by atoms with Crippen molar-refractivity contribution >= 4 is 5.91 Å². The predicted octanol–water partition coefficient (Wildman–Crippen LogP) is 1.11. The molecule has 2 aromatic heterocycles. The highest BCUT2D eigenvalue weighted by molar-refractivity contribution is 5.92. The molecule has 0 bridgehead atoms. The molecule has 1 aliphatic rings. The molecular weight excluding hydrogens is 282 g/mol. The Kier molecular flexibility index (Phi) is 4.24. The number of piperidine rings is 1. The van der Waals surface area contributed by atoms with E-state index in [4.69, 9.17) is 4.52 Å². The topological polar surface area (TPSA) is 76.2 Å². The van der Waals surface area contributed by atoms with E-state index >= 15 is 0 Å². The van der Waals surface area contributed by atoms with E-state index < -0.39 is 0 Å². The molecule has 0 saturated carbocycles. The van der Waals surface area contributed by atoms with E-state index in [2.05, 4.69) is 20.5 Å². The standard InChI is InChI=1S/C15H21N5O2/c1-11-8-13(18-22-11)10-20-6-3-4-12(9-20)16-15(21)14-5-7-19(2)17-14/h5,7-8,12H,3-4,6,9-10H2,1-2H3,(H,16,21). The van der Waals surface area contributed by atoms with Gasteiger partial charge in [-0.3, -0.25) is 14.4 Å². The molecule has 0 radical (unpaired) electrons. The van der Waals surface area contributed by atoms with E-state index in [9.17, 15) is 4.79 Å². The minimum Gasteiger partial charge on any atom is -0.361 e. The number of aryl methyl sites for hydroxylation is 2. The molecule has 0 spiro atoms. The van der Waals surface area contributed by atoms with E-state index in [0.29, 0.717) is 5.69 Å². The first-order valence-electron chi connectivity index (χ1n) is 7.55. The molecule has 7 heteroatoms. The lowest BCUT2D eigenvalue weighted by Gasteiger charge is -2.32. The number of hydrogen-bond acceptors (Lipinski definition) is 5. The van der Waals surface area contributed by atoms with E-state index in [1.165, 1.54) is 0 Å². The van der Waals surface area contributed by atoms with Gasteiger partial charge in [-0.05, 0) is 32.4 Å². The highest BCUT2D eigenvalue weighted by atomic mass is 16.5. The van der Waals surface area contributed by atoms with Crippen LogP contribution in [0.15, 0.2) is 22.9 Å². The van der Waals surface area contributed by atoms with Crippen LogP contribution in [-0.2, 0) is 13.6 Å². The normalized spacial score (nSPS) is 19.3. The maximum absolute atomic E-state index is 12.2. The average Bonchev–Trinajstić information content (AvgIpc) is 3.08. The van der Waals surface area contributed by atoms with Crippen LogP contribution in [0.2, 0.25) is 0 Å². The fourth-order valence-electron chi connectivity index (χ4n) is 2.83. The molecule has 3 rings (SSSR count). The number of aromatic nitrogens is 3. The molecule has 0 aliphatic carbocycles. The lowest BCUT2D eigenvalue weighted by atomic mass is 10.1. The van der Waals surface area contributed by atoms with Crippen LogP contribution in [0.4, 0.5) is 0 Å². The fraction of sp³-hybridized carbons (Fsp3) is 0.533. The third-order valence-electron chi connectivity index (χ3n) is 3.85. The summed E-state index contributed by atoms with van der Waals surface area (Å²) in [5.41, 5.74) is 1.40. The van der Waals surface area contributed by atoms with Gasteiger partial charge in [-0.25, -0.2) is 0 Å². The van der Waals surface area contributed by atoms with Gasteiger partial charge in [-0.15, -0.1) is 0 Å². The zero-order valence-electron chi connectivity index (χ0n) is 13.0. The number of rotatable bonds is 4. The second kappa shape index (κ2) is 6.31. The smallest absolute Gasteiger partial charge is 0.272 e. The van der Waals surface area contributed by atoms with Gasteiger partial charge in [-0.2, -0.15) is 5.10 Å². The SMILES string of the molecule is Cc1cc(CN2CCCC(NC(=O)c3ccn(C)n3)C2)no1. The van der Waals surface area contributed by atoms with Gasteiger partial charge in [0.25, 0.3) is 5.91 Å². The molecular formula is C15H21N5O2. The van der Waals surface area contributed by atoms with Gasteiger partial charge in [0.2, 0.25) is 0 Å². The summed E-state index contributed by atoms with van der Waals surface area (Å²) in [7, 11) is 1.80. The predicted molar refractivity (Wildman–Crippen MR) is 80.2 cm³/mol. The zero-order chi connectivity index (χ0) is 15.5. The second-order valence-electron chi connectivity index (χ2n) is 5.85. The van der Waals surface area contributed by atoms with Gasteiger partial charge < -0.3 is 9.84 Å². The van der Waals surface area contributed by atoms with Crippen molar-refractivity contribution in [2.45, 2.75) is 32.4 Å². The summed E-state index contributed by atoms with van der Waals surface area (Å²) >= 11 is 0. The minimum absolute atomic E-state index is 0.107. The van der Waals surface area contributed by atoms with Gasteiger partial charge in [0.15, 0.2) is 0 Å². The summed E-state index contributed by atoms with van der Waals surface area (Å²) < 4.78 is 6.73. The average molecular weight is 303 g/mol. The summed E-state index contributed by atoms with van der Waals surface area (Å²) in [6, 6.07) is 3.83. The maximum Gasteiger partial charge on any atom is 0.272 e. The van der Waals surface area contributed by atoms with Crippen molar-refractivity contribution in [3.63, 3.8) is 0 Å². The first-order valence-corrected chi connectivity index (χ1v) is 7.55.